The van der Waals surface area contributed by atoms with Crippen LogP contribution in [0.25, 0.3) is 0 Å². The summed E-state index contributed by atoms with van der Waals surface area (Å²) in [6.07, 6.45) is 3.67. The molecule has 124 valence electrons. The fourth-order valence-corrected chi connectivity index (χ4v) is 2.79. The van der Waals surface area contributed by atoms with Crippen LogP contribution < -0.4 is 20.5 Å². The van der Waals surface area contributed by atoms with Crippen molar-refractivity contribution >= 4 is 24.0 Å². The zero-order valence-corrected chi connectivity index (χ0v) is 13.9. The molecule has 22 heavy (non-hydrogen) atoms. The van der Waals surface area contributed by atoms with Crippen molar-refractivity contribution in [3.63, 3.8) is 0 Å². The summed E-state index contributed by atoms with van der Waals surface area (Å²) in [6.45, 7) is 2.49. The third kappa shape index (κ3) is 4.78. The number of methoxy groups -OCH3 is 1. The summed E-state index contributed by atoms with van der Waals surface area (Å²) in [5, 5.41) is 2.90. The number of rotatable bonds is 6. The molecule has 1 saturated carbocycles. The molecule has 0 unspecified atom stereocenters. The lowest BCUT2D eigenvalue weighted by Gasteiger charge is -2.15. The third-order valence-corrected chi connectivity index (χ3v) is 3.91. The van der Waals surface area contributed by atoms with Crippen LogP contribution in [-0.4, -0.2) is 25.7 Å². The number of anilines is 1. The maximum Gasteiger partial charge on any atom is 0.224 e. The minimum atomic E-state index is 0. The predicted octanol–water partition coefficient (Wildman–Crippen LogP) is 2.97. The Hall–Kier alpha value is -1.46. The SMILES string of the molecule is CCOc1ccc(NC(=O)C[C@@H]2CCC[C@H]2N)cc1OC.Cl. The van der Waals surface area contributed by atoms with Gasteiger partial charge in [0.25, 0.3) is 0 Å². The number of carbonyl (C=O) groups is 1. The number of halogens is 1. The third-order valence-electron chi connectivity index (χ3n) is 3.91. The number of nitrogens with two attached hydrogens (primary N) is 1. The van der Waals surface area contributed by atoms with Gasteiger partial charge in [0.1, 0.15) is 0 Å². The first-order valence-corrected chi connectivity index (χ1v) is 7.50. The van der Waals surface area contributed by atoms with Crippen LogP contribution in [-0.2, 0) is 4.79 Å². The molecular weight excluding hydrogens is 304 g/mol. The number of amides is 1. The molecule has 1 amide bonds. The van der Waals surface area contributed by atoms with E-state index in [1.807, 2.05) is 13.0 Å². The van der Waals surface area contributed by atoms with E-state index in [0.717, 1.165) is 19.3 Å². The number of nitrogens with one attached hydrogen (secondary N) is 1. The van der Waals surface area contributed by atoms with Crippen LogP contribution in [0.2, 0.25) is 0 Å². The van der Waals surface area contributed by atoms with Crippen LogP contribution in [0.15, 0.2) is 18.2 Å². The second-order valence-electron chi connectivity index (χ2n) is 5.41. The lowest BCUT2D eigenvalue weighted by molar-refractivity contribution is -0.117. The van der Waals surface area contributed by atoms with Gasteiger partial charge in [-0.05, 0) is 37.8 Å². The van der Waals surface area contributed by atoms with E-state index in [4.69, 9.17) is 15.2 Å². The van der Waals surface area contributed by atoms with Crippen LogP contribution in [0.3, 0.4) is 0 Å². The van der Waals surface area contributed by atoms with Gasteiger partial charge in [-0.1, -0.05) is 6.42 Å². The van der Waals surface area contributed by atoms with Gasteiger partial charge in [0.05, 0.1) is 13.7 Å². The van der Waals surface area contributed by atoms with Crippen molar-refractivity contribution < 1.29 is 14.3 Å². The molecule has 0 aliphatic heterocycles. The first-order chi connectivity index (χ1) is 10.1. The monoisotopic (exact) mass is 328 g/mol. The smallest absolute Gasteiger partial charge is 0.224 e. The largest absolute Gasteiger partial charge is 0.493 e. The van der Waals surface area contributed by atoms with Gasteiger partial charge in [0.2, 0.25) is 5.91 Å². The Labute approximate surface area is 138 Å². The van der Waals surface area contributed by atoms with Crippen molar-refractivity contribution in [2.75, 3.05) is 19.0 Å². The molecule has 0 bridgehead atoms. The van der Waals surface area contributed by atoms with Crippen LogP contribution in [0.5, 0.6) is 11.5 Å². The molecule has 1 aliphatic carbocycles. The molecule has 0 radical (unpaired) electrons. The Balaban J connectivity index is 0.00000242. The molecule has 1 aliphatic rings. The first kappa shape index (κ1) is 18.6. The standard InChI is InChI=1S/C16H24N2O3.ClH/c1-3-21-14-8-7-12(10-15(14)20-2)18-16(19)9-11-5-4-6-13(11)17;/h7-8,10-11,13H,3-6,9,17H2,1-2H3,(H,18,19);1H/t11-,13+;/m0./s1. The number of carbonyl (C=O) groups excluding carboxylic acids is 1. The average molecular weight is 329 g/mol. The normalized spacial score (nSPS) is 20.1. The highest BCUT2D eigenvalue weighted by Gasteiger charge is 2.26. The molecule has 6 heteroatoms. The van der Waals surface area contributed by atoms with E-state index in [1.54, 1.807) is 19.2 Å². The van der Waals surface area contributed by atoms with Crippen molar-refractivity contribution in [2.24, 2.45) is 11.7 Å². The maximum absolute atomic E-state index is 12.1. The highest BCUT2D eigenvalue weighted by molar-refractivity contribution is 5.91. The Morgan fingerprint density at radius 3 is 2.73 bits per heavy atom. The van der Waals surface area contributed by atoms with Gasteiger partial charge in [-0.2, -0.15) is 0 Å². The highest BCUT2D eigenvalue weighted by atomic mass is 35.5. The summed E-state index contributed by atoms with van der Waals surface area (Å²) in [5.41, 5.74) is 6.72. The van der Waals surface area contributed by atoms with E-state index in [0.29, 0.717) is 36.1 Å². The summed E-state index contributed by atoms with van der Waals surface area (Å²) in [6, 6.07) is 5.56. The summed E-state index contributed by atoms with van der Waals surface area (Å²) >= 11 is 0. The van der Waals surface area contributed by atoms with Crippen LogP contribution in [0.4, 0.5) is 5.69 Å². The molecule has 1 aromatic carbocycles. The molecule has 0 heterocycles. The quantitative estimate of drug-likeness (QED) is 0.842. The second-order valence-corrected chi connectivity index (χ2v) is 5.41. The number of benzene rings is 1. The van der Waals surface area contributed by atoms with E-state index in [1.165, 1.54) is 0 Å². The highest BCUT2D eigenvalue weighted by Crippen LogP contribution is 2.31. The first-order valence-electron chi connectivity index (χ1n) is 7.50. The summed E-state index contributed by atoms with van der Waals surface area (Å²) in [5.74, 6) is 1.60. The lowest BCUT2D eigenvalue weighted by atomic mass is 10.00. The topological polar surface area (TPSA) is 73.6 Å². The fraction of sp³-hybridized carbons (Fsp3) is 0.562. The minimum absolute atomic E-state index is 0. The Kier molecular flexibility index (Phi) is 7.48. The molecule has 1 aromatic rings. The van der Waals surface area contributed by atoms with E-state index in [2.05, 4.69) is 5.32 Å². The van der Waals surface area contributed by atoms with Crippen molar-refractivity contribution in [3.05, 3.63) is 18.2 Å². The molecule has 2 rings (SSSR count). The molecule has 5 nitrogen and oxygen atoms in total. The number of hydrogen-bond acceptors (Lipinski definition) is 4. The van der Waals surface area contributed by atoms with Crippen molar-refractivity contribution in [1.82, 2.24) is 0 Å². The Morgan fingerprint density at radius 2 is 2.14 bits per heavy atom. The fourth-order valence-electron chi connectivity index (χ4n) is 2.79. The van der Waals surface area contributed by atoms with Crippen LogP contribution in [0.1, 0.15) is 32.6 Å². The van der Waals surface area contributed by atoms with Gasteiger partial charge in [-0.25, -0.2) is 0 Å². The van der Waals surface area contributed by atoms with Gasteiger partial charge in [0, 0.05) is 24.2 Å². The van der Waals surface area contributed by atoms with E-state index < -0.39 is 0 Å². The summed E-state index contributed by atoms with van der Waals surface area (Å²) in [7, 11) is 1.58. The zero-order valence-electron chi connectivity index (χ0n) is 13.1. The van der Waals surface area contributed by atoms with Crippen LogP contribution >= 0.6 is 12.4 Å². The lowest BCUT2D eigenvalue weighted by Crippen LogP contribution is -2.28. The molecule has 2 atom stereocenters. The zero-order chi connectivity index (χ0) is 15.2. The van der Waals surface area contributed by atoms with E-state index in [-0.39, 0.29) is 24.4 Å². The maximum atomic E-state index is 12.1. The summed E-state index contributed by atoms with van der Waals surface area (Å²) in [4.78, 5) is 12.1. The Bertz CT molecular complexity index is 496. The minimum Gasteiger partial charge on any atom is -0.493 e. The van der Waals surface area contributed by atoms with Gasteiger partial charge in [0.15, 0.2) is 11.5 Å². The predicted molar refractivity (Wildman–Crippen MR) is 90.0 cm³/mol. The van der Waals surface area contributed by atoms with Gasteiger partial charge in [-0.15, -0.1) is 12.4 Å². The second kappa shape index (κ2) is 8.86. The van der Waals surface area contributed by atoms with E-state index >= 15 is 0 Å². The van der Waals surface area contributed by atoms with Crippen molar-refractivity contribution in [2.45, 2.75) is 38.6 Å². The molecule has 0 aromatic heterocycles. The van der Waals surface area contributed by atoms with Crippen LogP contribution in [0, 0.1) is 5.92 Å². The van der Waals surface area contributed by atoms with Crippen molar-refractivity contribution in [3.8, 4) is 11.5 Å². The van der Waals surface area contributed by atoms with Crippen molar-refractivity contribution in [1.29, 1.82) is 0 Å². The number of ether oxygens (including phenoxy) is 2. The van der Waals surface area contributed by atoms with Gasteiger partial charge in [-0.3, -0.25) is 4.79 Å². The van der Waals surface area contributed by atoms with Gasteiger partial charge >= 0.3 is 0 Å². The molecule has 3 N–H and O–H groups in total. The molecule has 0 spiro atoms. The molecule has 0 saturated heterocycles. The van der Waals surface area contributed by atoms with E-state index in [9.17, 15) is 4.79 Å². The average Bonchev–Trinajstić information content (AvgIpc) is 2.86. The Morgan fingerprint density at radius 1 is 1.36 bits per heavy atom. The number of hydrogen-bond donors (Lipinski definition) is 2. The molecular formula is C16H25ClN2O3. The molecule has 1 fully saturated rings. The summed E-state index contributed by atoms with van der Waals surface area (Å²) < 4.78 is 10.7. The van der Waals surface area contributed by atoms with Gasteiger partial charge < -0.3 is 20.5 Å².